The van der Waals surface area contributed by atoms with Crippen molar-refractivity contribution in [3.8, 4) is 10.4 Å². The molecule has 2 aromatic rings. The number of aromatic nitrogens is 1. The van der Waals surface area contributed by atoms with E-state index in [4.69, 9.17) is 10.5 Å². The van der Waals surface area contributed by atoms with Crippen LogP contribution in [0, 0.1) is 0 Å². The number of esters is 1. The largest absolute Gasteiger partial charge is 0.465 e. The fourth-order valence-electron chi connectivity index (χ4n) is 1.81. The molecule has 2 N–H and O–H groups in total. The molecule has 0 radical (unpaired) electrons. The Bertz CT molecular complexity index is 564. The summed E-state index contributed by atoms with van der Waals surface area (Å²) in [5, 5.41) is 0. The summed E-state index contributed by atoms with van der Waals surface area (Å²) >= 11 is 1.37. The van der Waals surface area contributed by atoms with Gasteiger partial charge >= 0.3 is 5.97 Å². The molecule has 0 fully saturated rings. The van der Waals surface area contributed by atoms with Crippen LogP contribution in [0.2, 0.25) is 0 Å². The van der Waals surface area contributed by atoms with Gasteiger partial charge in [-0.2, -0.15) is 0 Å². The van der Waals surface area contributed by atoms with Crippen LogP contribution in [0.25, 0.3) is 10.4 Å². The van der Waals surface area contributed by atoms with E-state index < -0.39 is 0 Å². The van der Waals surface area contributed by atoms with E-state index in [1.165, 1.54) is 18.4 Å². The third-order valence-electron chi connectivity index (χ3n) is 2.71. The van der Waals surface area contributed by atoms with Crippen LogP contribution in [0.3, 0.4) is 0 Å². The molecule has 2 aromatic heterocycles. The Labute approximate surface area is 109 Å². The lowest BCUT2D eigenvalue weighted by atomic mass is 10.1. The van der Waals surface area contributed by atoms with Gasteiger partial charge in [-0.1, -0.05) is 6.92 Å². The number of hydrogen-bond acceptors (Lipinski definition) is 5. The highest BCUT2D eigenvalue weighted by atomic mass is 32.1. The molecule has 2 rings (SSSR count). The first kappa shape index (κ1) is 12.6. The normalized spacial score (nSPS) is 10.3. The quantitative estimate of drug-likeness (QED) is 0.864. The maximum atomic E-state index is 11.6. The van der Waals surface area contributed by atoms with Gasteiger partial charge in [0.25, 0.3) is 0 Å². The number of ether oxygens (including phenoxy) is 1. The summed E-state index contributed by atoms with van der Waals surface area (Å²) in [5.74, 6) is -0.382. The average Bonchev–Trinajstić information content (AvgIpc) is 2.76. The first-order valence-corrected chi connectivity index (χ1v) is 6.40. The van der Waals surface area contributed by atoms with Gasteiger partial charge in [-0.3, -0.25) is 4.98 Å². The number of carbonyl (C=O) groups excluding carboxylic acids is 1. The number of pyridine rings is 1. The van der Waals surface area contributed by atoms with E-state index in [2.05, 4.69) is 4.98 Å². The molecule has 0 spiro atoms. The van der Waals surface area contributed by atoms with E-state index in [0.29, 0.717) is 10.6 Å². The van der Waals surface area contributed by atoms with Crippen molar-refractivity contribution in [2.24, 2.45) is 0 Å². The van der Waals surface area contributed by atoms with Gasteiger partial charge in [-0.05, 0) is 29.7 Å². The lowest BCUT2D eigenvalue weighted by molar-refractivity contribution is 0.0607. The van der Waals surface area contributed by atoms with E-state index in [-0.39, 0.29) is 5.97 Å². The molecule has 2 heterocycles. The lowest BCUT2D eigenvalue weighted by Gasteiger charge is -2.01. The Kier molecular flexibility index (Phi) is 3.62. The number of nitrogens with two attached hydrogens (primary N) is 1. The topological polar surface area (TPSA) is 65.2 Å². The summed E-state index contributed by atoms with van der Waals surface area (Å²) in [5.41, 5.74) is 8.57. The second kappa shape index (κ2) is 5.18. The van der Waals surface area contributed by atoms with Gasteiger partial charge in [0.15, 0.2) is 0 Å². The molecule has 94 valence electrons. The fraction of sp³-hybridized carbons (Fsp3) is 0.231. The molecular weight excluding hydrogens is 248 g/mol. The van der Waals surface area contributed by atoms with Crippen LogP contribution in [-0.2, 0) is 11.2 Å². The molecule has 0 unspecified atom stereocenters. The highest BCUT2D eigenvalue weighted by molar-refractivity contribution is 7.18. The van der Waals surface area contributed by atoms with Crippen LogP contribution in [0.4, 0.5) is 5.69 Å². The van der Waals surface area contributed by atoms with Gasteiger partial charge in [0.1, 0.15) is 4.88 Å². The molecule has 4 nitrogen and oxygen atoms in total. The third kappa shape index (κ3) is 2.09. The third-order valence-corrected chi connectivity index (χ3v) is 3.99. The number of nitrogens with zero attached hydrogens (tertiary/aromatic N) is 1. The SMILES string of the molecule is CCc1c(-c2ccncc2)sc(C(=O)OC)c1N. The van der Waals surface area contributed by atoms with Crippen molar-refractivity contribution >= 4 is 23.0 Å². The van der Waals surface area contributed by atoms with Crippen molar-refractivity contribution in [3.05, 3.63) is 35.0 Å². The zero-order valence-corrected chi connectivity index (χ0v) is 11.1. The summed E-state index contributed by atoms with van der Waals surface area (Å²) < 4.78 is 4.74. The molecule has 5 heteroatoms. The van der Waals surface area contributed by atoms with E-state index in [9.17, 15) is 4.79 Å². The highest BCUT2D eigenvalue weighted by Crippen LogP contribution is 2.39. The van der Waals surface area contributed by atoms with Gasteiger partial charge in [0, 0.05) is 17.3 Å². The number of nitrogen functional groups attached to an aromatic ring is 1. The zero-order chi connectivity index (χ0) is 13.1. The second-order valence-corrected chi connectivity index (χ2v) is 4.75. The number of rotatable bonds is 3. The summed E-state index contributed by atoms with van der Waals surface area (Å²) in [7, 11) is 1.36. The van der Waals surface area contributed by atoms with Crippen molar-refractivity contribution in [2.45, 2.75) is 13.3 Å². The predicted molar refractivity (Wildman–Crippen MR) is 72.7 cm³/mol. The summed E-state index contributed by atoms with van der Waals surface area (Å²) in [4.78, 5) is 17.1. The van der Waals surface area contributed by atoms with Crippen LogP contribution < -0.4 is 5.73 Å². The molecule has 0 bridgehead atoms. The molecule has 0 saturated heterocycles. The van der Waals surface area contributed by atoms with E-state index in [1.807, 2.05) is 19.1 Å². The van der Waals surface area contributed by atoms with Gasteiger partial charge < -0.3 is 10.5 Å². The van der Waals surface area contributed by atoms with E-state index in [0.717, 1.165) is 22.4 Å². The molecule has 18 heavy (non-hydrogen) atoms. The first-order chi connectivity index (χ1) is 8.69. The Balaban J connectivity index is 2.58. The van der Waals surface area contributed by atoms with Crippen molar-refractivity contribution in [3.63, 3.8) is 0 Å². The minimum absolute atomic E-state index is 0.382. The lowest BCUT2D eigenvalue weighted by Crippen LogP contribution is -2.02. The molecule has 0 aliphatic heterocycles. The van der Waals surface area contributed by atoms with Crippen molar-refractivity contribution < 1.29 is 9.53 Å². The Morgan fingerprint density at radius 3 is 2.67 bits per heavy atom. The molecular formula is C13H14N2O2S. The van der Waals surface area contributed by atoms with E-state index in [1.54, 1.807) is 12.4 Å². The summed E-state index contributed by atoms with van der Waals surface area (Å²) in [6, 6.07) is 3.82. The predicted octanol–water partition coefficient (Wildman–Crippen LogP) is 2.74. The monoisotopic (exact) mass is 262 g/mol. The first-order valence-electron chi connectivity index (χ1n) is 5.58. The van der Waals surface area contributed by atoms with Gasteiger partial charge in [-0.15, -0.1) is 11.3 Å². The minimum Gasteiger partial charge on any atom is -0.465 e. The van der Waals surface area contributed by atoms with Crippen molar-refractivity contribution in [1.29, 1.82) is 0 Å². The number of anilines is 1. The zero-order valence-electron chi connectivity index (χ0n) is 10.3. The standard InChI is InChI=1S/C13H14N2O2S/c1-3-9-10(14)12(13(16)17-2)18-11(9)8-4-6-15-7-5-8/h4-7H,3,14H2,1-2H3. The molecule has 0 amide bonds. The fourth-order valence-corrected chi connectivity index (χ4v) is 3.05. The minimum atomic E-state index is -0.382. The number of thiophene rings is 1. The van der Waals surface area contributed by atoms with Gasteiger partial charge in [0.05, 0.1) is 12.8 Å². The highest BCUT2D eigenvalue weighted by Gasteiger charge is 2.21. The Morgan fingerprint density at radius 1 is 1.44 bits per heavy atom. The summed E-state index contributed by atoms with van der Waals surface area (Å²) in [6.45, 7) is 2.02. The molecule has 0 atom stereocenters. The summed E-state index contributed by atoms with van der Waals surface area (Å²) in [6.07, 6.45) is 4.22. The van der Waals surface area contributed by atoms with Crippen LogP contribution >= 0.6 is 11.3 Å². The number of carbonyl (C=O) groups is 1. The van der Waals surface area contributed by atoms with Crippen molar-refractivity contribution in [1.82, 2.24) is 4.98 Å². The Morgan fingerprint density at radius 2 is 2.11 bits per heavy atom. The Hall–Kier alpha value is -1.88. The second-order valence-electron chi connectivity index (χ2n) is 3.73. The average molecular weight is 262 g/mol. The molecule has 0 aromatic carbocycles. The van der Waals surface area contributed by atoms with Crippen molar-refractivity contribution in [2.75, 3.05) is 12.8 Å². The van der Waals surface area contributed by atoms with Crippen LogP contribution in [0.5, 0.6) is 0 Å². The number of methoxy groups -OCH3 is 1. The smallest absolute Gasteiger partial charge is 0.350 e. The van der Waals surface area contributed by atoms with Crippen LogP contribution in [0.15, 0.2) is 24.5 Å². The molecule has 0 aliphatic rings. The number of hydrogen-bond donors (Lipinski definition) is 1. The van der Waals surface area contributed by atoms with Crippen LogP contribution in [0.1, 0.15) is 22.2 Å². The maximum absolute atomic E-state index is 11.6. The van der Waals surface area contributed by atoms with Crippen LogP contribution in [-0.4, -0.2) is 18.1 Å². The molecule has 0 aliphatic carbocycles. The van der Waals surface area contributed by atoms with Gasteiger partial charge in [0.2, 0.25) is 0 Å². The van der Waals surface area contributed by atoms with E-state index >= 15 is 0 Å². The van der Waals surface area contributed by atoms with Gasteiger partial charge in [-0.25, -0.2) is 4.79 Å². The molecule has 0 saturated carbocycles. The maximum Gasteiger partial charge on any atom is 0.350 e.